The van der Waals surface area contributed by atoms with E-state index in [9.17, 15) is 14.1 Å². The first-order chi connectivity index (χ1) is 17.8. The van der Waals surface area contributed by atoms with Crippen molar-refractivity contribution in [2.45, 2.75) is 38.1 Å². The summed E-state index contributed by atoms with van der Waals surface area (Å²) in [4.78, 5) is 35.9. The Hall–Kier alpha value is -2.85. The number of anilines is 2. The summed E-state index contributed by atoms with van der Waals surface area (Å²) in [6.45, 7) is 3.92. The number of rotatable bonds is 9. The molecule has 5 atom stereocenters. The van der Waals surface area contributed by atoms with Crippen molar-refractivity contribution in [1.29, 1.82) is 0 Å². The lowest BCUT2D eigenvalue weighted by Crippen LogP contribution is -2.45. The van der Waals surface area contributed by atoms with E-state index >= 15 is 0 Å². The Balaban J connectivity index is 1.27. The van der Waals surface area contributed by atoms with Crippen LogP contribution in [0.15, 0.2) is 29.6 Å². The number of hydrogen-bond donors (Lipinski definition) is 2. The molecule has 9 nitrogen and oxygen atoms in total. The van der Waals surface area contributed by atoms with Gasteiger partial charge in [0.2, 0.25) is 11.2 Å². The highest BCUT2D eigenvalue weighted by atomic mass is 35.5. The average Bonchev–Trinajstić information content (AvgIpc) is 3.45. The molecule has 3 N–H and O–H groups in total. The Kier molecular flexibility index (Phi) is 7.57. The van der Waals surface area contributed by atoms with Gasteiger partial charge in [-0.1, -0.05) is 0 Å². The molecule has 3 aliphatic rings. The second kappa shape index (κ2) is 10.9. The number of piperazine rings is 1. The number of aromatic nitrogens is 2. The van der Waals surface area contributed by atoms with E-state index in [0.29, 0.717) is 11.6 Å². The van der Waals surface area contributed by atoms with E-state index in [1.165, 1.54) is 5.69 Å². The van der Waals surface area contributed by atoms with Crippen LogP contribution in [0.5, 0.6) is 0 Å². The van der Waals surface area contributed by atoms with Gasteiger partial charge in [-0.05, 0) is 97.4 Å². The normalized spacial score (nSPS) is 27.4. The summed E-state index contributed by atoms with van der Waals surface area (Å²) in [5.41, 5.74) is 8.54. The van der Waals surface area contributed by atoms with Gasteiger partial charge in [0.15, 0.2) is 11.6 Å². The van der Waals surface area contributed by atoms with E-state index in [1.807, 2.05) is 12.1 Å². The zero-order chi connectivity index (χ0) is 26.1. The Morgan fingerprint density at radius 3 is 2.78 bits per heavy atom. The summed E-state index contributed by atoms with van der Waals surface area (Å²) < 4.78 is 14.4. The third-order valence-corrected chi connectivity index (χ3v) is 8.70. The molecule has 2 saturated carbocycles. The Bertz CT molecular complexity index is 1160. The number of primary amides is 1. The lowest BCUT2D eigenvalue weighted by molar-refractivity contribution is -0.123. The molecule has 1 aromatic carbocycles. The third-order valence-electron chi connectivity index (χ3n) is 8.52. The van der Waals surface area contributed by atoms with Crippen LogP contribution in [-0.4, -0.2) is 60.0 Å². The van der Waals surface area contributed by atoms with Crippen LogP contribution in [0.4, 0.5) is 21.6 Å². The number of nitrogens with two attached hydrogens (primary N) is 1. The van der Waals surface area contributed by atoms with E-state index < -0.39 is 5.82 Å². The molecule has 2 aliphatic carbocycles. The molecule has 11 heteroatoms. The van der Waals surface area contributed by atoms with Gasteiger partial charge in [-0.15, -0.1) is 4.91 Å². The second-order valence-corrected chi connectivity index (χ2v) is 11.0. The zero-order valence-electron chi connectivity index (χ0n) is 20.9. The first-order valence-electron chi connectivity index (χ1n) is 13.0. The monoisotopic (exact) mass is 529 g/mol. The van der Waals surface area contributed by atoms with Gasteiger partial charge in [-0.25, -0.2) is 9.37 Å². The Labute approximate surface area is 220 Å². The fraction of sp³-hybridized carbons (Fsp3) is 0.577. The number of carbonyl (C=O) groups excluding carboxylic acids is 1. The first-order valence-corrected chi connectivity index (χ1v) is 13.4. The van der Waals surface area contributed by atoms with E-state index in [2.05, 4.69) is 37.3 Å². The molecule has 37 heavy (non-hydrogen) atoms. The van der Waals surface area contributed by atoms with Crippen LogP contribution in [0.2, 0.25) is 5.28 Å². The lowest BCUT2D eigenvalue weighted by atomic mass is 9.76. The molecule has 2 aromatic rings. The van der Waals surface area contributed by atoms with Crippen molar-refractivity contribution in [1.82, 2.24) is 14.9 Å². The average molecular weight is 530 g/mol. The summed E-state index contributed by atoms with van der Waals surface area (Å²) in [6, 6.07) is 5.44. The quantitative estimate of drug-likeness (QED) is 0.372. The highest BCUT2D eigenvalue weighted by Gasteiger charge is 2.54. The number of amides is 1. The van der Waals surface area contributed by atoms with Crippen LogP contribution >= 0.6 is 11.6 Å². The fourth-order valence-electron chi connectivity index (χ4n) is 6.78. The van der Waals surface area contributed by atoms with Crippen LogP contribution in [0.1, 0.15) is 31.2 Å². The number of fused-ring (bicyclic) bond motifs is 2. The standard InChI is InChI=1S/C26H33ClFN7O2/c1-34-7-9-35(10-8-34)21-6-5-18(33-37)12-16(21)4-2-3-15-11-17-13-19(15)23(22(17)24(29)36)31-25-20(28)14-30-26(27)32-25/h5-6,12,14-15,17,19,22-23H,2-4,7-11,13H2,1H3,(H2,29,36)(H,30,31,32)/t15-,17-,19-,22+,23-/m1/s1. The van der Waals surface area contributed by atoms with Gasteiger partial charge in [0.1, 0.15) is 5.69 Å². The van der Waals surface area contributed by atoms with Crippen LogP contribution < -0.4 is 16.0 Å². The van der Waals surface area contributed by atoms with Crippen LogP contribution in [0, 0.1) is 34.4 Å². The molecule has 5 rings (SSSR count). The summed E-state index contributed by atoms with van der Waals surface area (Å²) in [7, 11) is 2.13. The van der Waals surface area contributed by atoms with Gasteiger partial charge in [-0.3, -0.25) is 4.79 Å². The molecule has 0 spiro atoms. The third kappa shape index (κ3) is 5.40. The maximum absolute atomic E-state index is 14.4. The maximum Gasteiger partial charge on any atom is 0.224 e. The van der Waals surface area contributed by atoms with Crippen molar-refractivity contribution in [3.8, 4) is 0 Å². The number of nitrogens with zero attached hydrogens (tertiary/aromatic N) is 5. The molecule has 2 bridgehead atoms. The van der Waals surface area contributed by atoms with Crippen LogP contribution in [0.3, 0.4) is 0 Å². The summed E-state index contributed by atoms with van der Waals surface area (Å²) in [5, 5.41) is 6.25. The largest absolute Gasteiger partial charge is 0.369 e. The molecular formula is C26H33ClFN7O2. The number of carbonyl (C=O) groups is 1. The SMILES string of the molecule is CN1CCN(c2ccc(N=O)cc2CCC[C@@H]2C[C@@H]3C[C@H]2[C@@H](Nc2nc(Cl)ncc2F)[C@H]3C(N)=O)CC1. The van der Waals surface area contributed by atoms with E-state index in [0.717, 1.165) is 70.0 Å². The van der Waals surface area contributed by atoms with Crippen molar-refractivity contribution < 1.29 is 9.18 Å². The van der Waals surface area contributed by atoms with Crippen LogP contribution in [-0.2, 0) is 11.2 Å². The molecule has 1 aliphatic heterocycles. The number of nitrogens with one attached hydrogen (secondary N) is 1. The summed E-state index contributed by atoms with van der Waals surface area (Å²) in [6.07, 6.45) is 5.60. The minimum Gasteiger partial charge on any atom is -0.369 e. The number of hydrogen-bond acceptors (Lipinski definition) is 8. The van der Waals surface area contributed by atoms with Gasteiger partial charge in [0, 0.05) is 37.9 Å². The van der Waals surface area contributed by atoms with Crippen molar-refractivity contribution in [3.05, 3.63) is 46.0 Å². The molecule has 2 heterocycles. The minimum absolute atomic E-state index is 0.0116. The van der Waals surface area contributed by atoms with Crippen molar-refractivity contribution >= 4 is 34.7 Å². The van der Waals surface area contributed by atoms with E-state index in [-0.39, 0.29) is 40.8 Å². The molecule has 1 amide bonds. The fourth-order valence-corrected chi connectivity index (χ4v) is 6.91. The smallest absolute Gasteiger partial charge is 0.224 e. The molecule has 0 radical (unpaired) electrons. The zero-order valence-corrected chi connectivity index (χ0v) is 21.7. The number of halogens is 2. The van der Waals surface area contributed by atoms with Gasteiger partial charge in [0.25, 0.3) is 0 Å². The molecular weight excluding hydrogens is 497 g/mol. The van der Waals surface area contributed by atoms with Gasteiger partial charge >= 0.3 is 0 Å². The predicted octanol–water partition coefficient (Wildman–Crippen LogP) is 3.98. The Morgan fingerprint density at radius 2 is 2.05 bits per heavy atom. The first kappa shape index (κ1) is 25.8. The molecule has 198 valence electrons. The Morgan fingerprint density at radius 1 is 1.27 bits per heavy atom. The number of nitroso groups, excluding NO2 is 1. The predicted molar refractivity (Wildman–Crippen MR) is 141 cm³/mol. The maximum atomic E-state index is 14.4. The van der Waals surface area contributed by atoms with Crippen molar-refractivity contribution in [3.63, 3.8) is 0 Å². The van der Waals surface area contributed by atoms with E-state index in [4.69, 9.17) is 17.3 Å². The van der Waals surface area contributed by atoms with E-state index in [1.54, 1.807) is 6.07 Å². The lowest BCUT2D eigenvalue weighted by Gasteiger charge is -2.36. The summed E-state index contributed by atoms with van der Waals surface area (Å²) >= 11 is 5.88. The van der Waals surface area contributed by atoms with Crippen LogP contribution in [0.25, 0.3) is 0 Å². The van der Waals surface area contributed by atoms with Crippen molar-refractivity contribution in [2.24, 2.45) is 34.6 Å². The second-order valence-electron chi connectivity index (χ2n) is 10.7. The highest BCUT2D eigenvalue weighted by Crippen LogP contribution is 2.54. The van der Waals surface area contributed by atoms with Gasteiger partial charge < -0.3 is 20.9 Å². The molecule has 0 unspecified atom stereocenters. The van der Waals surface area contributed by atoms with Gasteiger partial charge in [0.05, 0.1) is 12.1 Å². The molecule has 1 saturated heterocycles. The number of likely N-dealkylation sites (N-methyl/N-ethyl adjacent to an activating group) is 1. The van der Waals surface area contributed by atoms with Gasteiger partial charge in [-0.2, -0.15) is 4.98 Å². The number of benzene rings is 1. The summed E-state index contributed by atoms with van der Waals surface area (Å²) in [5.74, 6) is -0.570. The molecule has 1 aromatic heterocycles. The number of aryl methyl sites for hydroxylation is 1. The highest BCUT2D eigenvalue weighted by molar-refractivity contribution is 6.28. The minimum atomic E-state index is -0.605. The topological polar surface area (TPSA) is 117 Å². The van der Waals surface area contributed by atoms with Crippen molar-refractivity contribution in [2.75, 3.05) is 43.4 Å². The molecule has 3 fully saturated rings.